The highest BCUT2D eigenvalue weighted by Crippen LogP contribution is 2.28. The van der Waals surface area contributed by atoms with Crippen LogP contribution in [0.2, 0.25) is 0 Å². The SMILES string of the molecule is COc1ccccc1C[C@@]1(C)NC(=O)N(CC(=O)c2ccc(N3CCCC3=O)cc2)C1=O. The van der Waals surface area contributed by atoms with Gasteiger partial charge in [-0.1, -0.05) is 18.2 Å². The Morgan fingerprint density at radius 3 is 2.47 bits per heavy atom. The van der Waals surface area contributed by atoms with Crippen molar-refractivity contribution in [2.75, 3.05) is 25.1 Å². The molecular weight excluding hydrogens is 410 g/mol. The van der Waals surface area contributed by atoms with E-state index in [-0.39, 0.29) is 24.7 Å². The number of carbonyl (C=O) groups is 4. The molecule has 2 heterocycles. The van der Waals surface area contributed by atoms with Crippen LogP contribution >= 0.6 is 0 Å². The summed E-state index contributed by atoms with van der Waals surface area (Å²) in [4.78, 5) is 52.9. The van der Waals surface area contributed by atoms with Crippen LogP contribution in [0.1, 0.15) is 35.7 Å². The second-order valence-electron chi connectivity index (χ2n) is 8.26. The third kappa shape index (κ3) is 3.95. The largest absolute Gasteiger partial charge is 0.496 e. The zero-order valence-corrected chi connectivity index (χ0v) is 18.1. The second kappa shape index (κ2) is 8.45. The summed E-state index contributed by atoms with van der Waals surface area (Å²) < 4.78 is 5.35. The van der Waals surface area contributed by atoms with Crippen LogP contribution in [0.15, 0.2) is 48.5 Å². The van der Waals surface area contributed by atoms with Crippen molar-refractivity contribution in [1.82, 2.24) is 10.2 Å². The quantitative estimate of drug-likeness (QED) is 0.533. The highest BCUT2D eigenvalue weighted by atomic mass is 16.5. The third-order valence-electron chi connectivity index (χ3n) is 5.96. The first-order valence-corrected chi connectivity index (χ1v) is 10.5. The maximum absolute atomic E-state index is 13.1. The number of hydrogen-bond donors (Lipinski definition) is 1. The highest BCUT2D eigenvalue weighted by Gasteiger charge is 2.48. The first kappa shape index (κ1) is 21.5. The molecule has 1 N–H and O–H groups in total. The molecular formula is C24H25N3O5. The van der Waals surface area contributed by atoms with Crippen molar-refractivity contribution in [3.8, 4) is 5.75 Å². The number of nitrogens with one attached hydrogen (secondary N) is 1. The first-order chi connectivity index (χ1) is 15.3. The van der Waals surface area contributed by atoms with Crippen LogP contribution in [-0.4, -0.2) is 54.3 Å². The number of amides is 4. The van der Waals surface area contributed by atoms with E-state index in [0.717, 1.165) is 22.6 Å². The third-order valence-corrected chi connectivity index (χ3v) is 5.96. The number of urea groups is 1. The number of anilines is 1. The van der Waals surface area contributed by atoms with E-state index in [1.807, 2.05) is 18.2 Å². The molecule has 2 aliphatic rings. The summed E-state index contributed by atoms with van der Waals surface area (Å²) in [6, 6.07) is 13.4. The Kier molecular flexibility index (Phi) is 5.69. The molecule has 4 amide bonds. The summed E-state index contributed by atoms with van der Waals surface area (Å²) in [5.41, 5.74) is 0.723. The van der Waals surface area contributed by atoms with Gasteiger partial charge in [0.15, 0.2) is 5.78 Å². The van der Waals surface area contributed by atoms with Crippen molar-refractivity contribution < 1.29 is 23.9 Å². The van der Waals surface area contributed by atoms with Crippen LogP contribution in [0.25, 0.3) is 0 Å². The fourth-order valence-electron chi connectivity index (χ4n) is 4.22. The first-order valence-electron chi connectivity index (χ1n) is 10.5. The Hall–Kier alpha value is -3.68. The molecule has 1 atom stereocenters. The molecule has 32 heavy (non-hydrogen) atoms. The lowest BCUT2D eigenvalue weighted by Gasteiger charge is -2.22. The van der Waals surface area contributed by atoms with Gasteiger partial charge in [0.25, 0.3) is 5.91 Å². The minimum absolute atomic E-state index is 0.0674. The van der Waals surface area contributed by atoms with Gasteiger partial charge in [0.1, 0.15) is 11.3 Å². The van der Waals surface area contributed by atoms with Crippen molar-refractivity contribution in [3.63, 3.8) is 0 Å². The molecule has 8 heteroatoms. The molecule has 0 bridgehead atoms. The number of rotatable bonds is 7. The number of carbonyl (C=O) groups excluding carboxylic acids is 4. The van der Waals surface area contributed by atoms with E-state index in [0.29, 0.717) is 24.3 Å². The molecule has 8 nitrogen and oxygen atoms in total. The van der Waals surface area contributed by atoms with Crippen molar-refractivity contribution in [2.45, 2.75) is 31.7 Å². The van der Waals surface area contributed by atoms with E-state index >= 15 is 0 Å². The van der Waals surface area contributed by atoms with Crippen LogP contribution < -0.4 is 15.0 Å². The van der Waals surface area contributed by atoms with Crippen LogP contribution in [0, 0.1) is 0 Å². The van der Waals surface area contributed by atoms with Gasteiger partial charge in [-0.05, 0) is 49.2 Å². The molecule has 2 saturated heterocycles. The van der Waals surface area contributed by atoms with Crippen molar-refractivity contribution in [2.24, 2.45) is 0 Å². The zero-order chi connectivity index (χ0) is 22.9. The Labute approximate surface area is 186 Å². The minimum Gasteiger partial charge on any atom is -0.496 e. The standard InChI is InChI=1S/C24H25N3O5/c1-24(14-17-6-3-4-7-20(17)32-2)22(30)27(23(31)25-24)15-19(28)16-9-11-18(12-10-16)26-13-5-8-21(26)29/h3-4,6-7,9-12H,5,8,13-15H2,1-2H3,(H,25,31)/t24-/m1/s1. The fourth-order valence-corrected chi connectivity index (χ4v) is 4.22. The molecule has 0 unspecified atom stereocenters. The summed E-state index contributed by atoms with van der Waals surface area (Å²) in [6.45, 7) is 1.96. The molecule has 0 saturated carbocycles. The van der Waals surface area contributed by atoms with Gasteiger partial charge in [0.2, 0.25) is 5.91 Å². The van der Waals surface area contributed by atoms with E-state index in [1.54, 1.807) is 49.3 Å². The molecule has 2 aliphatic heterocycles. The summed E-state index contributed by atoms with van der Waals surface area (Å²) in [7, 11) is 1.55. The van der Waals surface area contributed by atoms with Gasteiger partial charge in [-0.25, -0.2) is 4.79 Å². The summed E-state index contributed by atoms with van der Waals surface area (Å²) in [5.74, 6) is -0.116. The normalized spacial score (nSPS) is 20.6. The van der Waals surface area contributed by atoms with Crippen LogP contribution in [-0.2, 0) is 16.0 Å². The minimum atomic E-state index is -1.17. The maximum atomic E-state index is 13.1. The predicted molar refractivity (Wildman–Crippen MR) is 118 cm³/mol. The molecule has 0 spiro atoms. The molecule has 0 aromatic heterocycles. The van der Waals surface area contributed by atoms with Gasteiger partial charge >= 0.3 is 6.03 Å². The lowest BCUT2D eigenvalue weighted by molar-refractivity contribution is -0.130. The van der Waals surface area contributed by atoms with E-state index in [9.17, 15) is 19.2 Å². The van der Waals surface area contributed by atoms with Gasteiger partial charge in [-0.2, -0.15) is 0 Å². The van der Waals surface area contributed by atoms with E-state index < -0.39 is 17.5 Å². The summed E-state index contributed by atoms with van der Waals surface area (Å²) in [5, 5.41) is 2.72. The van der Waals surface area contributed by atoms with Crippen molar-refractivity contribution >= 4 is 29.3 Å². The van der Waals surface area contributed by atoms with Crippen LogP contribution in [0.5, 0.6) is 5.75 Å². The lowest BCUT2D eigenvalue weighted by atomic mass is 9.92. The molecule has 166 valence electrons. The summed E-state index contributed by atoms with van der Waals surface area (Å²) >= 11 is 0. The Bertz CT molecular complexity index is 1080. The van der Waals surface area contributed by atoms with Gasteiger partial charge in [0.05, 0.1) is 13.7 Å². The van der Waals surface area contributed by atoms with Gasteiger partial charge in [0, 0.05) is 30.6 Å². The number of imide groups is 1. The predicted octanol–water partition coefficient (Wildman–Crippen LogP) is 2.56. The molecule has 4 rings (SSSR count). The molecule has 0 aliphatic carbocycles. The molecule has 0 radical (unpaired) electrons. The van der Waals surface area contributed by atoms with Crippen molar-refractivity contribution in [3.05, 3.63) is 59.7 Å². The van der Waals surface area contributed by atoms with Crippen molar-refractivity contribution in [1.29, 1.82) is 0 Å². The monoisotopic (exact) mass is 435 g/mol. The number of ketones is 1. The molecule has 2 aromatic rings. The Morgan fingerprint density at radius 2 is 1.81 bits per heavy atom. The van der Waals surface area contributed by atoms with E-state index in [2.05, 4.69) is 5.32 Å². The maximum Gasteiger partial charge on any atom is 0.325 e. The van der Waals surface area contributed by atoms with Gasteiger partial charge in [-0.15, -0.1) is 0 Å². The number of nitrogens with zero attached hydrogens (tertiary/aromatic N) is 2. The number of benzene rings is 2. The van der Waals surface area contributed by atoms with Gasteiger partial charge in [-0.3, -0.25) is 19.3 Å². The molecule has 2 aromatic carbocycles. The smallest absolute Gasteiger partial charge is 0.325 e. The Morgan fingerprint density at radius 1 is 1.09 bits per heavy atom. The molecule has 2 fully saturated rings. The van der Waals surface area contributed by atoms with Crippen LogP contribution in [0.3, 0.4) is 0 Å². The zero-order valence-electron chi connectivity index (χ0n) is 18.1. The number of methoxy groups -OCH3 is 1. The van der Waals surface area contributed by atoms with E-state index in [1.165, 1.54) is 0 Å². The number of Topliss-reactive ketones (excluding diaryl/α,β-unsaturated/α-hetero) is 1. The average molecular weight is 435 g/mol. The number of hydrogen-bond acceptors (Lipinski definition) is 5. The Balaban J connectivity index is 1.46. The number of ether oxygens (including phenoxy) is 1. The topological polar surface area (TPSA) is 96.0 Å². The lowest BCUT2D eigenvalue weighted by Crippen LogP contribution is -2.46. The average Bonchev–Trinajstić information content (AvgIpc) is 3.30. The summed E-state index contributed by atoms with van der Waals surface area (Å²) in [6.07, 6.45) is 1.59. The fraction of sp³-hybridized carbons (Fsp3) is 0.333. The second-order valence-corrected chi connectivity index (χ2v) is 8.26. The highest BCUT2D eigenvalue weighted by molar-refractivity contribution is 6.11. The van der Waals surface area contributed by atoms with Crippen LogP contribution in [0.4, 0.5) is 10.5 Å². The number of para-hydroxylation sites is 1. The van der Waals surface area contributed by atoms with E-state index in [4.69, 9.17) is 4.74 Å². The van der Waals surface area contributed by atoms with Gasteiger partial charge < -0.3 is 15.0 Å².